The van der Waals surface area contributed by atoms with Crippen molar-refractivity contribution in [2.75, 3.05) is 18.5 Å². The number of benzene rings is 2. The summed E-state index contributed by atoms with van der Waals surface area (Å²) in [6, 6.07) is 13.2. The lowest BCUT2D eigenvalue weighted by Crippen LogP contribution is -2.53. The van der Waals surface area contributed by atoms with Gasteiger partial charge in [0.15, 0.2) is 5.60 Å². The second-order valence-electron chi connectivity index (χ2n) is 9.97. The molecule has 2 N–H and O–H groups in total. The first-order valence-corrected chi connectivity index (χ1v) is 11.9. The summed E-state index contributed by atoms with van der Waals surface area (Å²) in [7, 11) is 0. The van der Waals surface area contributed by atoms with E-state index >= 15 is 0 Å². The summed E-state index contributed by atoms with van der Waals surface area (Å²) in [6.45, 7) is 3.09. The van der Waals surface area contributed by atoms with Gasteiger partial charge in [-0.25, -0.2) is 9.67 Å². The van der Waals surface area contributed by atoms with Crippen molar-refractivity contribution in [1.82, 2.24) is 14.8 Å². The molecule has 1 atom stereocenters. The van der Waals surface area contributed by atoms with Crippen LogP contribution in [0.3, 0.4) is 0 Å². The molecule has 37 heavy (non-hydrogen) atoms. The molecular weight excluding hydrogens is 488 g/mol. The summed E-state index contributed by atoms with van der Waals surface area (Å²) in [5, 5.41) is 18.7. The summed E-state index contributed by atoms with van der Waals surface area (Å²) >= 11 is 0. The number of ether oxygens (including phenoxy) is 1. The zero-order chi connectivity index (χ0) is 26.4. The number of hydrogen-bond acceptors (Lipinski definition) is 5. The van der Waals surface area contributed by atoms with Crippen molar-refractivity contribution in [3.63, 3.8) is 0 Å². The van der Waals surface area contributed by atoms with Gasteiger partial charge in [0, 0.05) is 23.1 Å². The van der Waals surface area contributed by atoms with Crippen molar-refractivity contribution in [3.05, 3.63) is 78.0 Å². The largest absolute Gasteiger partial charge is 0.493 e. The average Bonchev–Trinajstić information content (AvgIpc) is 3.49. The molecule has 0 aliphatic carbocycles. The van der Waals surface area contributed by atoms with Crippen molar-refractivity contribution in [3.8, 4) is 11.4 Å². The first-order valence-electron chi connectivity index (χ1n) is 11.9. The normalized spacial score (nSPS) is 15.3. The number of nitrogens with zero attached hydrogens (tertiary/aromatic N) is 3. The van der Waals surface area contributed by atoms with Crippen molar-refractivity contribution < 1.29 is 27.4 Å². The van der Waals surface area contributed by atoms with E-state index in [-0.39, 0.29) is 0 Å². The maximum atomic E-state index is 14.3. The van der Waals surface area contributed by atoms with Crippen LogP contribution in [0, 0.1) is 5.95 Å². The molecule has 0 bridgehead atoms. The molecule has 0 amide bonds. The Morgan fingerprint density at radius 1 is 1.05 bits per heavy atom. The Labute approximate surface area is 210 Å². The Kier molecular flexibility index (Phi) is 6.10. The highest BCUT2D eigenvalue weighted by Crippen LogP contribution is 2.45. The number of aromatic nitrogens is 3. The fourth-order valence-corrected chi connectivity index (χ4v) is 4.98. The zero-order valence-electron chi connectivity index (χ0n) is 20.3. The highest BCUT2D eigenvalue weighted by atomic mass is 19.4. The van der Waals surface area contributed by atoms with Crippen molar-refractivity contribution in [2.24, 2.45) is 0 Å². The van der Waals surface area contributed by atoms with E-state index in [0.29, 0.717) is 46.6 Å². The lowest BCUT2D eigenvalue weighted by molar-refractivity contribution is -0.260. The first kappa shape index (κ1) is 25.0. The van der Waals surface area contributed by atoms with Gasteiger partial charge >= 0.3 is 6.18 Å². The maximum Gasteiger partial charge on any atom is 0.418 e. The highest BCUT2D eigenvalue weighted by molar-refractivity contribution is 5.92. The molecule has 0 saturated heterocycles. The second-order valence-corrected chi connectivity index (χ2v) is 9.97. The predicted octanol–water partition coefficient (Wildman–Crippen LogP) is 5.57. The minimum atomic E-state index is -4.89. The molecule has 0 fully saturated rings. The number of nitrogens with one attached hydrogen (secondary N) is 1. The molecule has 0 spiro atoms. The van der Waals surface area contributed by atoms with Gasteiger partial charge in [0.1, 0.15) is 5.75 Å². The van der Waals surface area contributed by atoms with Gasteiger partial charge in [0.2, 0.25) is 5.95 Å². The predicted molar refractivity (Wildman–Crippen MR) is 132 cm³/mol. The third kappa shape index (κ3) is 4.61. The monoisotopic (exact) mass is 514 g/mol. The molecule has 194 valence electrons. The Hall–Kier alpha value is -3.66. The molecule has 6 nitrogen and oxygen atoms in total. The van der Waals surface area contributed by atoms with Gasteiger partial charge in [-0.15, -0.1) is 0 Å². The van der Waals surface area contributed by atoms with E-state index in [1.54, 1.807) is 38.1 Å². The average molecular weight is 515 g/mol. The van der Waals surface area contributed by atoms with Crippen LogP contribution in [0.1, 0.15) is 31.4 Å². The van der Waals surface area contributed by atoms with Crippen LogP contribution in [0.15, 0.2) is 60.9 Å². The minimum absolute atomic E-state index is 0.378. The Bertz CT molecular complexity index is 1430. The third-order valence-electron chi connectivity index (χ3n) is 6.85. The molecule has 2 aromatic heterocycles. The van der Waals surface area contributed by atoms with Crippen LogP contribution in [0.2, 0.25) is 0 Å². The van der Waals surface area contributed by atoms with Crippen LogP contribution in [0.25, 0.3) is 16.6 Å². The molecular formula is C27H26F4N4O2. The number of anilines is 1. The Morgan fingerprint density at radius 3 is 2.57 bits per heavy atom. The van der Waals surface area contributed by atoms with Gasteiger partial charge in [0.25, 0.3) is 0 Å². The molecule has 4 aromatic rings. The molecule has 1 unspecified atom stereocenters. The van der Waals surface area contributed by atoms with Crippen molar-refractivity contribution in [2.45, 2.75) is 43.9 Å². The summed E-state index contributed by atoms with van der Waals surface area (Å²) in [6.07, 6.45) is -1.95. The molecule has 1 aliphatic heterocycles. The molecule has 0 radical (unpaired) electrons. The smallest absolute Gasteiger partial charge is 0.418 e. The molecule has 3 heterocycles. The van der Waals surface area contributed by atoms with E-state index in [0.717, 1.165) is 5.56 Å². The summed E-state index contributed by atoms with van der Waals surface area (Å²) in [5.74, 6) is -0.0265. The topological polar surface area (TPSA) is 72.2 Å². The molecule has 0 saturated carbocycles. The lowest BCUT2D eigenvalue weighted by atomic mass is 9.74. The van der Waals surface area contributed by atoms with E-state index in [1.807, 2.05) is 12.1 Å². The highest BCUT2D eigenvalue weighted by Gasteiger charge is 2.56. The van der Waals surface area contributed by atoms with Gasteiger partial charge in [0.05, 0.1) is 36.7 Å². The molecule has 5 rings (SSSR count). The molecule has 1 aliphatic rings. The molecule has 10 heteroatoms. The standard InChI is InChI=1S/C27H26F4N4O2/c1-25(2,20-6-3-5-17-11-12-37-24(17)20)15-26(36,27(29,30)31)16-33-21-7-4-8-22-19(21)14-34-35(22)18-9-10-23(28)32-13-18/h3-10,13-14,33,36H,11-12,15-16H2,1-2H3. The number of para-hydroxylation sites is 1. The Morgan fingerprint density at radius 2 is 1.84 bits per heavy atom. The first-order chi connectivity index (χ1) is 17.5. The quantitative estimate of drug-likeness (QED) is 0.249. The minimum Gasteiger partial charge on any atom is -0.493 e. The number of aliphatic hydroxyl groups is 1. The van der Waals surface area contributed by atoms with Gasteiger partial charge in [-0.3, -0.25) is 0 Å². The summed E-state index contributed by atoms with van der Waals surface area (Å²) in [4.78, 5) is 3.63. The molecule has 2 aromatic carbocycles. The van der Waals surface area contributed by atoms with Crippen LogP contribution >= 0.6 is 0 Å². The van der Waals surface area contributed by atoms with E-state index in [9.17, 15) is 22.7 Å². The van der Waals surface area contributed by atoms with E-state index in [2.05, 4.69) is 15.4 Å². The fraction of sp³-hybridized carbons (Fsp3) is 0.333. The number of halogens is 4. The van der Waals surface area contributed by atoms with Gasteiger partial charge < -0.3 is 15.2 Å². The van der Waals surface area contributed by atoms with E-state index in [1.165, 1.54) is 29.2 Å². The number of alkyl halides is 3. The van der Waals surface area contributed by atoms with Crippen molar-refractivity contribution in [1.29, 1.82) is 0 Å². The third-order valence-corrected chi connectivity index (χ3v) is 6.85. The number of rotatable bonds is 7. The lowest BCUT2D eigenvalue weighted by Gasteiger charge is -2.38. The van der Waals surface area contributed by atoms with E-state index in [4.69, 9.17) is 4.74 Å². The van der Waals surface area contributed by atoms with Crippen LogP contribution in [0.5, 0.6) is 5.75 Å². The summed E-state index contributed by atoms with van der Waals surface area (Å²) in [5.41, 5.74) is -1.000. The van der Waals surface area contributed by atoms with E-state index < -0.39 is 36.1 Å². The van der Waals surface area contributed by atoms with Crippen LogP contribution in [0.4, 0.5) is 23.2 Å². The van der Waals surface area contributed by atoms with Gasteiger partial charge in [-0.1, -0.05) is 38.1 Å². The number of hydrogen-bond donors (Lipinski definition) is 2. The fourth-order valence-electron chi connectivity index (χ4n) is 4.98. The van der Waals surface area contributed by atoms with Gasteiger partial charge in [-0.2, -0.15) is 22.7 Å². The number of pyridine rings is 1. The second kappa shape index (κ2) is 9.02. The van der Waals surface area contributed by atoms with Gasteiger partial charge in [-0.05, 0) is 41.7 Å². The SMILES string of the molecule is CC(C)(CC(O)(CNc1cccc2c1cnn2-c1ccc(F)nc1)C(F)(F)F)c1cccc2c1OCC2. The van der Waals surface area contributed by atoms with Crippen LogP contribution in [-0.4, -0.2) is 44.8 Å². The number of fused-ring (bicyclic) bond motifs is 2. The van der Waals surface area contributed by atoms with Crippen LogP contribution in [-0.2, 0) is 11.8 Å². The maximum absolute atomic E-state index is 14.3. The van der Waals surface area contributed by atoms with Crippen molar-refractivity contribution >= 4 is 16.6 Å². The summed E-state index contributed by atoms with van der Waals surface area (Å²) < 4.78 is 63.4. The zero-order valence-corrected chi connectivity index (χ0v) is 20.3. The van der Waals surface area contributed by atoms with Crippen LogP contribution < -0.4 is 10.1 Å². The Balaban J connectivity index is 1.43.